The van der Waals surface area contributed by atoms with E-state index in [1.54, 1.807) is 7.11 Å². The van der Waals surface area contributed by atoms with E-state index in [2.05, 4.69) is 5.32 Å². The van der Waals surface area contributed by atoms with Crippen LogP contribution in [0.1, 0.15) is 64.4 Å². The summed E-state index contributed by atoms with van der Waals surface area (Å²) in [6, 6.07) is 2.60. The van der Waals surface area contributed by atoms with E-state index in [1.165, 1.54) is 13.8 Å². The summed E-state index contributed by atoms with van der Waals surface area (Å²) in [5, 5.41) is 32.0. The Labute approximate surface area is 232 Å². The van der Waals surface area contributed by atoms with Gasteiger partial charge >= 0.3 is 23.9 Å². The molecule has 2 atom stereocenters. The largest absolute Gasteiger partial charge is 0.497 e. The molecule has 0 aromatic heterocycles. The van der Waals surface area contributed by atoms with Gasteiger partial charge in [-0.3, -0.25) is 14.4 Å². The molecule has 4 amide bonds. The number of rotatable bonds is 17. The third kappa shape index (κ3) is 7.14. The molecule has 1 heterocycles. The molecule has 2 rings (SSSR count). The van der Waals surface area contributed by atoms with Crippen LogP contribution >= 0.6 is 0 Å². The Hall–Kier alpha value is -4.00. The molecular formula is C27H37N3O10. The highest BCUT2D eigenvalue weighted by molar-refractivity contribution is 6.21. The molecule has 40 heavy (non-hydrogen) atoms. The molecule has 1 aromatic carbocycles. The van der Waals surface area contributed by atoms with Crippen molar-refractivity contribution in [3.63, 3.8) is 0 Å². The molecule has 1 aliphatic rings. The van der Waals surface area contributed by atoms with E-state index in [1.807, 2.05) is 24.3 Å². The number of hydrogen-bond acceptors (Lipinski definition) is 8. The normalized spacial score (nSPS) is 16.5. The van der Waals surface area contributed by atoms with Crippen molar-refractivity contribution in [3.8, 4) is 5.75 Å². The van der Waals surface area contributed by atoms with Crippen molar-refractivity contribution < 1.29 is 48.8 Å². The Morgan fingerprint density at radius 2 is 1.40 bits per heavy atom. The Balaban J connectivity index is 2.21. The number of urea groups is 1. The fraction of sp³-hybridized carbons (Fsp3) is 0.556. The minimum atomic E-state index is -1.87. The number of methoxy groups -OCH3 is 1. The summed E-state index contributed by atoms with van der Waals surface area (Å²) < 4.78 is 5.12. The van der Waals surface area contributed by atoms with Crippen molar-refractivity contribution in [1.29, 1.82) is 0 Å². The van der Waals surface area contributed by atoms with Crippen LogP contribution in [-0.4, -0.2) is 86.6 Å². The second-order valence-electron chi connectivity index (χ2n) is 9.58. The van der Waals surface area contributed by atoms with Crippen molar-refractivity contribution in [1.82, 2.24) is 15.1 Å². The summed E-state index contributed by atoms with van der Waals surface area (Å²) in [4.78, 5) is 76.7. The minimum absolute atomic E-state index is 0.103. The zero-order chi connectivity index (χ0) is 30.0. The summed E-state index contributed by atoms with van der Waals surface area (Å²) in [5.74, 6) is -5.76. The van der Waals surface area contributed by atoms with Crippen LogP contribution in [0.25, 0.3) is 0 Å². The molecular weight excluding hydrogens is 526 g/mol. The van der Waals surface area contributed by atoms with Gasteiger partial charge < -0.3 is 25.4 Å². The zero-order valence-corrected chi connectivity index (χ0v) is 22.9. The number of nitrogens with one attached hydrogen (secondary N) is 1. The molecule has 0 bridgehead atoms. The lowest BCUT2D eigenvalue weighted by Gasteiger charge is -2.46. The summed E-state index contributed by atoms with van der Waals surface area (Å²) in [7, 11) is 1.58. The van der Waals surface area contributed by atoms with Gasteiger partial charge in [0, 0.05) is 13.0 Å². The van der Waals surface area contributed by atoms with E-state index in [-0.39, 0.29) is 19.3 Å². The van der Waals surface area contributed by atoms with Gasteiger partial charge in [0.15, 0.2) is 0 Å². The molecule has 1 unspecified atom stereocenters. The topological polar surface area (TPSA) is 191 Å². The Kier molecular flexibility index (Phi) is 11.6. The first kappa shape index (κ1) is 32.2. The lowest BCUT2D eigenvalue weighted by molar-refractivity contribution is -0.170. The second kappa shape index (κ2) is 14.4. The van der Waals surface area contributed by atoms with Crippen LogP contribution in [0.5, 0.6) is 5.75 Å². The number of carbonyl (C=O) groups excluding carboxylic acids is 3. The number of carboxylic acids is 3. The summed E-state index contributed by atoms with van der Waals surface area (Å²) in [6.07, 6.45) is -0.741. The highest BCUT2D eigenvalue weighted by Gasteiger charge is 2.59. The van der Waals surface area contributed by atoms with Gasteiger partial charge in [-0.15, -0.1) is 0 Å². The zero-order valence-electron chi connectivity index (χ0n) is 22.9. The van der Waals surface area contributed by atoms with Gasteiger partial charge in [-0.25, -0.2) is 24.2 Å². The first-order valence-corrected chi connectivity index (χ1v) is 13.2. The number of barbiturate groups is 1. The number of imide groups is 2. The van der Waals surface area contributed by atoms with E-state index in [0.717, 1.165) is 11.3 Å². The number of unbranched alkanes of at least 4 members (excludes halogenated alkanes) is 1. The van der Waals surface area contributed by atoms with E-state index in [0.29, 0.717) is 35.7 Å². The molecule has 0 saturated carbocycles. The molecule has 1 aromatic rings. The van der Waals surface area contributed by atoms with Crippen LogP contribution < -0.4 is 10.1 Å². The number of carbonyl (C=O) groups is 6. The number of amides is 4. The summed E-state index contributed by atoms with van der Waals surface area (Å²) in [5.41, 5.74) is -0.830. The number of hydrogen-bond donors (Lipinski definition) is 4. The van der Waals surface area contributed by atoms with Crippen LogP contribution in [0.3, 0.4) is 0 Å². The fourth-order valence-electron chi connectivity index (χ4n) is 4.80. The minimum Gasteiger partial charge on any atom is -0.497 e. The van der Waals surface area contributed by atoms with Gasteiger partial charge in [0.2, 0.25) is 11.8 Å². The van der Waals surface area contributed by atoms with E-state index < -0.39 is 66.1 Å². The maximum atomic E-state index is 13.5. The van der Waals surface area contributed by atoms with Gasteiger partial charge in [-0.1, -0.05) is 26.0 Å². The molecule has 13 heteroatoms. The molecule has 1 aliphatic heterocycles. The lowest BCUT2D eigenvalue weighted by atomic mass is 9.77. The first-order valence-electron chi connectivity index (χ1n) is 13.2. The van der Waals surface area contributed by atoms with Crippen molar-refractivity contribution in [2.75, 3.05) is 13.7 Å². The molecule has 0 radical (unpaired) electrons. The SMILES string of the molecule is CCC1(CC)C(=O)N(C(CCC(=O)O)C(=O)O)C(=O)N([C@@H](CCCCNCc2ccc(OC)cc2)C(=O)O)C1=O. The van der Waals surface area contributed by atoms with Crippen molar-refractivity contribution >= 4 is 35.8 Å². The van der Waals surface area contributed by atoms with Crippen molar-refractivity contribution in [2.24, 2.45) is 5.41 Å². The number of benzene rings is 1. The van der Waals surface area contributed by atoms with Gasteiger partial charge in [-0.05, 0) is 62.8 Å². The number of aliphatic carboxylic acids is 3. The Bertz CT molecular complexity index is 1100. The van der Waals surface area contributed by atoms with E-state index in [9.17, 15) is 39.0 Å². The molecule has 220 valence electrons. The van der Waals surface area contributed by atoms with Gasteiger partial charge in [0.05, 0.1) is 7.11 Å². The van der Waals surface area contributed by atoms with Crippen molar-refractivity contribution in [3.05, 3.63) is 29.8 Å². The average molecular weight is 564 g/mol. The predicted molar refractivity (Wildman–Crippen MR) is 140 cm³/mol. The van der Waals surface area contributed by atoms with Gasteiger partial charge in [0.25, 0.3) is 0 Å². The fourth-order valence-corrected chi connectivity index (χ4v) is 4.80. The molecule has 0 aliphatic carbocycles. The molecule has 1 saturated heterocycles. The Morgan fingerprint density at radius 3 is 1.85 bits per heavy atom. The van der Waals surface area contributed by atoms with E-state index in [4.69, 9.17) is 9.84 Å². The number of ether oxygens (including phenoxy) is 1. The number of nitrogens with zero attached hydrogens (tertiary/aromatic N) is 2. The highest BCUT2D eigenvalue weighted by Crippen LogP contribution is 2.39. The molecule has 1 fully saturated rings. The average Bonchev–Trinajstić information content (AvgIpc) is 2.91. The Morgan fingerprint density at radius 1 is 0.875 bits per heavy atom. The number of carboxylic acid groups (broad SMARTS) is 3. The first-order chi connectivity index (χ1) is 18.9. The van der Waals surface area contributed by atoms with Gasteiger partial charge in [0.1, 0.15) is 23.2 Å². The second-order valence-corrected chi connectivity index (χ2v) is 9.58. The van der Waals surface area contributed by atoms with E-state index >= 15 is 0 Å². The van der Waals surface area contributed by atoms with Crippen LogP contribution in [0.4, 0.5) is 4.79 Å². The van der Waals surface area contributed by atoms with Crippen LogP contribution in [0, 0.1) is 5.41 Å². The standard InChI is InChI=1S/C27H37N3O10/c1-4-27(5-2)24(37)29(26(39)30(25(27)38)20(23(35)36)13-14-21(31)32)19(22(33)34)8-6-7-15-28-16-17-9-11-18(40-3)12-10-17/h9-12,19-20,28H,4-8,13-16H2,1-3H3,(H,31,32)(H,33,34)(H,35,36)/t19-,20?/m0/s1. The molecule has 4 N–H and O–H groups in total. The monoisotopic (exact) mass is 563 g/mol. The smallest absolute Gasteiger partial charge is 0.335 e. The lowest BCUT2D eigenvalue weighted by Crippen LogP contribution is -2.70. The predicted octanol–water partition coefficient (Wildman–Crippen LogP) is 2.32. The summed E-state index contributed by atoms with van der Waals surface area (Å²) in [6.45, 7) is 4.12. The van der Waals surface area contributed by atoms with Crippen LogP contribution in [0.15, 0.2) is 24.3 Å². The quantitative estimate of drug-likeness (QED) is 0.161. The third-order valence-corrected chi connectivity index (χ3v) is 7.27. The molecule has 0 spiro atoms. The summed E-state index contributed by atoms with van der Waals surface area (Å²) >= 11 is 0. The van der Waals surface area contributed by atoms with Crippen molar-refractivity contribution in [2.45, 2.75) is 77.4 Å². The maximum Gasteiger partial charge on any atom is 0.335 e. The molecule has 13 nitrogen and oxygen atoms in total. The van der Waals surface area contributed by atoms with Gasteiger partial charge in [-0.2, -0.15) is 0 Å². The van der Waals surface area contributed by atoms with Crippen LogP contribution in [-0.2, 0) is 30.5 Å². The maximum absolute atomic E-state index is 13.5. The van der Waals surface area contributed by atoms with Crippen LogP contribution in [0.2, 0.25) is 0 Å². The highest BCUT2D eigenvalue weighted by atomic mass is 16.5. The third-order valence-electron chi connectivity index (χ3n) is 7.27.